The van der Waals surface area contributed by atoms with E-state index in [1.807, 2.05) is 24.3 Å². The SMILES string of the molecule is COc1cccc(-c2nc3c(c(=O)[nH]2)COCC3)c1. The Hall–Kier alpha value is -2.14. The zero-order chi connectivity index (χ0) is 13.2. The highest BCUT2D eigenvalue weighted by atomic mass is 16.5. The van der Waals surface area contributed by atoms with Crippen LogP contribution in [0.15, 0.2) is 29.1 Å². The smallest absolute Gasteiger partial charge is 0.256 e. The molecule has 0 aliphatic carbocycles. The summed E-state index contributed by atoms with van der Waals surface area (Å²) in [7, 11) is 1.61. The van der Waals surface area contributed by atoms with E-state index in [1.54, 1.807) is 7.11 Å². The molecule has 0 fully saturated rings. The first-order valence-corrected chi connectivity index (χ1v) is 6.12. The van der Waals surface area contributed by atoms with Crippen LogP contribution in [0.4, 0.5) is 0 Å². The maximum Gasteiger partial charge on any atom is 0.256 e. The highest BCUT2D eigenvalue weighted by molar-refractivity contribution is 5.57. The zero-order valence-electron chi connectivity index (χ0n) is 10.6. The van der Waals surface area contributed by atoms with Gasteiger partial charge in [-0.25, -0.2) is 4.98 Å². The highest BCUT2D eigenvalue weighted by Gasteiger charge is 2.16. The summed E-state index contributed by atoms with van der Waals surface area (Å²) in [4.78, 5) is 19.3. The second-order valence-corrected chi connectivity index (χ2v) is 4.37. The Morgan fingerprint density at radius 1 is 1.42 bits per heavy atom. The van der Waals surface area contributed by atoms with Gasteiger partial charge in [0.15, 0.2) is 0 Å². The molecule has 5 nitrogen and oxygen atoms in total. The number of hydrogen-bond acceptors (Lipinski definition) is 4. The van der Waals surface area contributed by atoms with Crippen LogP contribution in [0.5, 0.6) is 5.75 Å². The third kappa shape index (κ3) is 2.24. The van der Waals surface area contributed by atoms with Crippen molar-refractivity contribution in [3.63, 3.8) is 0 Å². The first kappa shape index (κ1) is 11.9. The fourth-order valence-corrected chi connectivity index (χ4v) is 2.15. The van der Waals surface area contributed by atoms with Gasteiger partial charge in [-0.05, 0) is 12.1 Å². The maximum absolute atomic E-state index is 12.0. The van der Waals surface area contributed by atoms with Gasteiger partial charge < -0.3 is 14.5 Å². The fourth-order valence-electron chi connectivity index (χ4n) is 2.15. The zero-order valence-corrected chi connectivity index (χ0v) is 10.6. The molecule has 3 rings (SSSR count). The molecular weight excluding hydrogens is 244 g/mol. The minimum Gasteiger partial charge on any atom is -0.497 e. The predicted molar refractivity (Wildman–Crippen MR) is 70.2 cm³/mol. The monoisotopic (exact) mass is 258 g/mol. The molecule has 1 aromatic heterocycles. The van der Waals surface area contributed by atoms with Crippen LogP contribution in [0, 0.1) is 0 Å². The van der Waals surface area contributed by atoms with Gasteiger partial charge in [-0.3, -0.25) is 4.79 Å². The molecule has 5 heteroatoms. The number of fused-ring (bicyclic) bond motifs is 1. The number of ether oxygens (including phenoxy) is 2. The van der Waals surface area contributed by atoms with Crippen molar-refractivity contribution in [1.82, 2.24) is 9.97 Å². The molecule has 1 aromatic carbocycles. The van der Waals surface area contributed by atoms with Crippen molar-refractivity contribution in [2.75, 3.05) is 13.7 Å². The first-order valence-electron chi connectivity index (χ1n) is 6.12. The molecule has 2 heterocycles. The number of nitrogens with zero attached hydrogens (tertiary/aromatic N) is 1. The minimum absolute atomic E-state index is 0.123. The number of benzene rings is 1. The van der Waals surface area contributed by atoms with E-state index in [-0.39, 0.29) is 5.56 Å². The molecular formula is C14H14N2O3. The third-order valence-electron chi connectivity index (χ3n) is 3.17. The molecule has 1 aliphatic heterocycles. The Balaban J connectivity index is 2.10. The minimum atomic E-state index is -0.123. The van der Waals surface area contributed by atoms with Gasteiger partial charge in [0.05, 0.1) is 31.6 Å². The number of H-pyrrole nitrogens is 1. The lowest BCUT2D eigenvalue weighted by Crippen LogP contribution is -2.24. The topological polar surface area (TPSA) is 64.2 Å². The molecule has 0 unspecified atom stereocenters. The van der Waals surface area contributed by atoms with Crippen LogP contribution < -0.4 is 10.3 Å². The molecule has 98 valence electrons. The van der Waals surface area contributed by atoms with Crippen LogP contribution in [0.2, 0.25) is 0 Å². The Morgan fingerprint density at radius 3 is 3.16 bits per heavy atom. The van der Waals surface area contributed by atoms with E-state index in [2.05, 4.69) is 9.97 Å². The van der Waals surface area contributed by atoms with E-state index < -0.39 is 0 Å². The van der Waals surface area contributed by atoms with Crippen LogP contribution in [0.25, 0.3) is 11.4 Å². The van der Waals surface area contributed by atoms with Crippen molar-refractivity contribution < 1.29 is 9.47 Å². The highest BCUT2D eigenvalue weighted by Crippen LogP contribution is 2.21. The fraction of sp³-hybridized carbons (Fsp3) is 0.286. The van der Waals surface area contributed by atoms with Gasteiger partial charge in [0.25, 0.3) is 5.56 Å². The van der Waals surface area contributed by atoms with Crippen molar-refractivity contribution in [3.8, 4) is 17.1 Å². The Bertz CT molecular complexity index is 664. The number of aromatic nitrogens is 2. The average Bonchev–Trinajstić information content (AvgIpc) is 2.47. The molecule has 0 amide bonds. The second-order valence-electron chi connectivity index (χ2n) is 4.37. The van der Waals surface area contributed by atoms with E-state index in [1.165, 1.54) is 0 Å². The van der Waals surface area contributed by atoms with Gasteiger partial charge in [0.2, 0.25) is 0 Å². The second kappa shape index (κ2) is 4.85. The van der Waals surface area contributed by atoms with Gasteiger partial charge in [0, 0.05) is 12.0 Å². The Morgan fingerprint density at radius 2 is 2.32 bits per heavy atom. The lowest BCUT2D eigenvalue weighted by molar-refractivity contribution is 0.108. The average molecular weight is 258 g/mol. The molecule has 0 atom stereocenters. The van der Waals surface area contributed by atoms with E-state index >= 15 is 0 Å². The molecule has 1 aliphatic rings. The van der Waals surface area contributed by atoms with Crippen LogP contribution in [0.1, 0.15) is 11.3 Å². The summed E-state index contributed by atoms with van der Waals surface area (Å²) in [6.07, 6.45) is 0.677. The van der Waals surface area contributed by atoms with E-state index in [9.17, 15) is 4.79 Å². The standard InChI is InChI=1S/C14H14N2O3/c1-18-10-4-2-3-9(7-10)13-15-12-5-6-19-8-11(12)14(17)16-13/h2-4,7H,5-6,8H2,1H3,(H,15,16,17). The molecule has 0 saturated heterocycles. The van der Waals surface area contributed by atoms with E-state index in [4.69, 9.17) is 9.47 Å². The van der Waals surface area contributed by atoms with E-state index in [0.717, 1.165) is 17.0 Å². The van der Waals surface area contributed by atoms with Crippen molar-refractivity contribution >= 4 is 0 Å². The van der Waals surface area contributed by atoms with E-state index in [0.29, 0.717) is 31.0 Å². The first-order chi connectivity index (χ1) is 9.28. The van der Waals surface area contributed by atoms with Crippen LogP contribution in [-0.4, -0.2) is 23.7 Å². The number of methoxy groups -OCH3 is 1. The molecule has 2 aromatic rings. The summed E-state index contributed by atoms with van der Waals surface area (Å²) in [5.74, 6) is 1.31. The number of aromatic amines is 1. The number of nitrogens with one attached hydrogen (secondary N) is 1. The maximum atomic E-state index is 12.0. The molecule has 0 spiro atoms. The van der Waals surface area contributed by atoms with Crippen molar-refractivity contribution in [1.29, 1.82) is 0 Å². The van der Waals surface area contributed by atoms with Gasteiger partial charge in [0.1, 0.15) is 11.6 Å². The van der Waals surface area contributed by atoms with Crippen molar-refractivity contribution in [2.45, 2.75) is 13.0 Å². The van der Waals surface area contributed by atoms with Gasteiger partial charge in [-0.2, -0.15) is 0 Å². The van der Waals surface area contributed by atoms with Gasteiger partial charge >= 0.3 is 0 Å². The van der Waals surface area contributed by atoms with Crippen molar-refractivity contribution in [3.05, 3.63) is 45.9 Å². The van der Waals surface area contributed by atoms with Gasteiger partial charge in [-0.1, -0.05) is 12.1 Å². The van der Waals surface area contributed by atoms with Crippen molar-refractivity contribution in [2.24, 2.45) is 0 Å². The van der Waals surface area contributed by atoms with Crippen LogP contribution in [0.3, 0.4) is 0 Å². The molecule has 1 N–H and O–H groups in total. The normalized spacial score (nSPS) is 13.9. The molecule has 0 saturated carbocycles. The summed E-state index contributed by atoms with van der Waals surface area (Å²) in [6, 6.07) is 7.47. The summed E-state index contributed by atoms with van der Waals surface area (Å²) < 4.78 is 10.5. The largest absolute Gasteiger partial charge is 0.497 e. The molecule has 19 heavy (non-hydrogen) atoms. The molecule has 0 radical (unpaired) electrons. The lowest BCUT2D eigenvalue weighted by Gasteiger charge is -2.15. The summed E-state index contributed by atoms with van der Waals surface area (Å²) in [5, 5.41) is 0. The Labute approximate surface area is 110 Å². The summed E-state index contributed by atoms with van der Waals surface area (Å²) >= 11 is 0. The number of hydrogen-bond donors (Lipinski definition) is 1. The van der Waals surface area contributed by atoms with Crippen LogP contribution in [-0.2, 0) is 17.8 Å². The summed E-state index contributed by atoms with van der Waals surface area (Å²) in [6.45, 7) is 0.955. The lowest BCUT2D eigenvalue weighted by atomic mass is 10.1. The number of rotatable bonds is 2. The predicted octanol–water partition coefficient (Wildman–Crippen LogP) is 1.52. The Kier molecular flexibility index (Phi) is 3.05. The third-order valence-corrected chi connectivity index (χ3v) is 3.17. The quantitative estimate of drug-likeness (QED) is 0.887. The van der Waals surface area contributed by atoms with Gasteiger partial charge in [-0.15, -0.1) is 0 Å². The summed E-state index contributed by atoms with van der Waals surface area (Å²) in [5.41, 5.74) is 2.18. The molecule has 0 bridgehead atoms. The van der Waals surface area contributed by atoms with Crippen LogP contribution >= 0.6 is 0 Å².